The molecule has 1 aromatic carbocycles. The van der Waals surface area contributed by atoms with Crippen molar-refractivity contribution in [3.8, 4) is 0 Å². The molecule has 100 valence electrons. The molecule has 1 atom stereocenters. The van der Waals surface area contributed by atoms with Crippen LogP contribution in [0.4, 0.5) is 4.39 Å². The summed E-state index contributed by atoms with van der Waals surface area (Å²) in [5.41, 5.74) is 7.24. The second-order valence-corrected chi connectivity index (χ2v) is 5.86. The zero-order valence-electron chi connectivity index (χ0n) is 11.5. The summed E-state index contributed by atoms with van der Waals surface area (Å²) in [7, 11) is 0. The number of hydrogen-bond donors (Lipinski definition) is 1. The summed E-state index contributed by atoms with van der Waals surface area (Å²) in [6, 6.07) is 6.85. The normalized spacial score (nSPS) is 27.8. The van der Waals surface area contributed by atoms with Crippen molar-refractivity contribution >= 4 is 0 Å². The van der Waals surface area contributed by atoms with E-state index in [-0.39, 0.29) is 11.4 Å². The lowest BCUT2D eigenvalue weighted by Gasteiger charge is -2.41. The Hall–Kier alpha value is -0.890. The predicted octanol–water partition coefficient (Wildman–Crippen LogP) is 4.22. The minimum atomic E-state index is -0.359. The number of nitrogens with two attached hydrogens (primary N) is 1. The number of halogens is 1. The van der Waals surface area contributed by atoms with Crippen LogP contribution in [0.15, 0.2) is 24.3 Å². The molecule has 0 heterocycles. The highest BCUT2D eigenvalue weighted by molar-refractivity contribution is 5.26. The SMILES string of the molecule is CCC(N)(c1cccc(F)c1)C1CCC(C)CC1. The first-order valence-electron chi connectivity index (χ1n) is 7.11. The van der Waals surface area contributed by atoms with Crippen molar-refractivity contribution in [3.63, 3.8) is 0 Å². The van der Waals surface area contributed by atoms with Gasteiger partial charge in [0, 0.05) is 5.54 Å². The Morgan fingerprint density at radius 3 is 2.50 bits per heavy atom. The van der Waals surface area contributed by atoms with E-state index in [0.717, 1.165) is 17.9 Å². The fourth-order valence-corrected chi connectivity index (χ4v) is 3.28. The van der Waals surface area contributed by atoms with E-state index in [1.807, 2.05) is 6.07 Å². The number of benzene rings is 1. The first kappa shape index (κ1) is 13.5. The maximum absolute atomic E-state index is 13.4. The topological polar surface area (TPSA) is 26.0 Å². The van der Waals surface area contributed by atoms with Crippen LogP contribution in [-0.2, 0) is 5.54 Å². The molecule has 1 nitrogen and oxygen atoms in total. The highest BCUT2D eigenvalue weighted by Gasteiger charge is 2.36. The molecule has 2 rings (SSSR count). The van der Waals surface area contributed by atoms with Crippen molar-refractivity contribution in [2.24, 2.45) is 17.6 Å². The first-order valence-corrected chi connectivity index (χ1v) is 7.11. The summed E-state index contributed by atoms with van der Waals surface area (Å²) in [4.78, 5) is 0. The fraction of sp³-hybridized carbons (Fsp3) is 0.625. The molecular weight excluding hydrogens is 225 g/mol. The van der Waals surface area contributed by atoms with Crippen molar-refractivity contribution in [2.75, 3.05) is 0 Å². The zero-order valence-corrected chi connectivity index (χ0v) is 11.5. The summed E-state index contributed by atoms with van der Waals surface area (Å²) in [5.74, 6) is 1.12. The summed E-state index contributed by atoms with van der Waals surface area (Å²) >= 11 is 0. The number of hydrogen-bond acceptors (Lipinski definition) is 1. The largest absolute Gasteiger partial charge is 0.321 e. The van der Waals surface area contributed by atoms with Gasteiger partial charge in [0.05, 0.1) is 0 Å². The number of rotatable bonds is 3. The predicted molar refractivity (Wildman–Crippen MR) is 73.7 cm³/mol. The van der Waals surface area contributed by atoms with Gasteiger partial charge in [-0.3, -0.25) is 0 Å². The summed E-state index contributed by atoms with van der Waals surface area (Å²) in [6.45, 7) is 4.42. The summed E-state index contributed by atoms with van der Waals surface area (Å²) in [6.07, 6.45) is 5.71. The molecule has 18 heavy (non-hydrogen) atoms. The van der Waals surface area contributed by atoms with Crippen LogP contribution in [0.1, 0.15) is 51.5 Å². The van der Waals surface area contributed by atoms with E-state index in [0.29, 0.717) is 5.92 Å². The highest BCUT2D eigenvalue weighted by Crippen LogP contribution is 2.41. The monoisotopic (exact) mass is 249 g/mol. The van der Waals surface area contributed by atoms with Crippen LogP contribution < -0.4 is 5.73 Å². The Labute approximate surface area is 110 Å². The minimum absolute atomic E-state index is 0.181. The Kier molecular flexibility index (Phi) is 4.06. The van der Waals surface area contributed by atoms with Gasteiger partial charge >= 0.3 is 0 Å². The molecule has 2 heteroatoms. The molecule has 0 aliphatic heterocycles. The van der Waals surface area contributed by atoms with Crippen molar-refractivity contribution < 1.29 is 4.39 Å². The van der Waals surface area contributed by atoms with Crippen LogP contribution in [0.2, 0.25) is 0 Å². The lowest BCUT2D eigenvalue weighted by Crippen LogP contribution is -2.45. The van der Waals surface area contributed by atoms with Crippen LogP contribution in [0, 0.1) is 17.7 Å². The maximum atomic E-state index is 13.4. The van der Waals surface area contributed by atoms with E-state index < -0.39 is 0 Å². The minimum Gasteiger partial charge on any atom is -0.321 e. The van der Waals surface area contributed by atoms with Gasteiger partial charge in [0.25, 0.3) is 0 Å². The third-order valence-corrected chi connectivity index (χ3v) is 4.69. The second-order valence-electron chi connectivity index (χ2n) is 5.86. The van der Waals surface area contributed by atoms with Gasteiger partial charge in [0.2, 0.25) is 0 Å². The highest BCUT2D eigenvalue weighted by atomic mass is 19.1. The lowest BCUT2D eigenvalue weighted by molar-refractivity contribution is 0.173. The molecule has 1 fully saturated rings. The van der Waals surface area contributed by atoms with Crippen LogP contribution in [0.5, 0.6) is 0 Å². The van der Waals surface area contributed by atoms with Crippen molar-refractivity contribution in [2.45, 2.75) is 51.5 Å². The van der Waals surface area contributed by atoms with Gasteiger partial charge in [0.1, 0.15) is 5.82 Å². The van der Waals surface area contributed by atoms with Crippen LogP contribution >= 0.6 is 0 Å². The van der Waals surface area contributed by atoms with Crippen LogP contribution in [0.3, 0.4) is 0 Å². The second kappa shape index (κ2) is 5.40. The maximum Gasteiger partial charge on any atom is 0.123 e. The van der Waals surface area contributed by atoms with Gasteiger partial charge in [-0.25, -0.2) is 4.39 Å². The smallest absolute Gasteiger partial charge is 0.123 e. The van der Waals surface area contributed by atoms with Gasteiger partial charge in [-0.1, -0.05) is 38.8 Å². The van der Waals surface area contributed by atoms with Crippen molar-refractivity contribution in [3.05, 3.63) is 35.6 Å². The molecule has 1 aromatic rings. The molecule has 1 aliphatic rings. The molecule has 0 amide bonds. The third-order valence-electron chi connectivity index (χ3n) is 4.69. The van der Waals surface area contributed by atoms with E-state index in [1.165, 1.54) is 31.7 Å². The molecule has 0 radical (unpaired) electrons. The molecule has 2 N–H and O–H groups in total. The van der Waals surface area contributed by atoms with Crippen molar-refractivity contribution in [1.82, 2.24) is 0 Å². The molecule has 1 unspecified atom stereocenters. The zero-order chi connectivity index (χ0) is 13.2. The quantitative estimate of drug-likeness (QED) is 0.853. The van der Waals surface area contributed by atoms with Gasteiger partial charge in [-0.15, -0.1) is 0 Å². The van der Waals surface area contributed by atoms with Crippen molar-refractivity contribution in [1.29, 1.82) is 0 Å². The van der Waals surface area contributed by atoms with Gasteiger partial charge in [0.15, 0.2) is 0 Å². The third kappa shape index (κ3) is 2.59. The lowest BCUT2D eigenvalue weighted by atomic mass is 9.68. The molecule has 1 saturated carbocycles. The van der Waals surface area contributed by atoms with E-state index in [4.69, 9.17) is 5.73 Å². The standard InChI is InChI=1S/C16H24FN/c1-3-16(18,13-9-7-12(2)8-10-13)14-5-4-6-15(17)11-14/h4-6,11-13H,3,7-10,18H2,1-2H3. The average molecular weight is 249 g/mol. The molecule has 0 bridgehead atoms. The van der Waals surface area contributed by atoms with Crippen LogP contribution in [0.25, 0.3) is 0 Å². The molecule has 0 saturated heterocycles. The van der Waals surface area contributed by atoms with Gasteiger partial charge < -0.3 is 5.73 Å². The Morgan fingerprint density at radius 1 is 1.28 bits per heavy atom. The molecule has 1 aliphatic carbocycles. The molecular formula is C16H24FN. The van der Waals surface area contributed by atoms with E-state index in [2.05, 4.69) is 13.8 Å². The van der Waals surface area contributed by atoms with Gasteiger partial charge in [-0.2, -0.15) is 0 Å². The average Bonchev–Trinajstić information content (AvgIpc) is 2.38. The Balaban J connectivity index is 2.24. The van der Waals surface area contributed by atoms with Crippen LogP contribution in [-0.4, -0.2) is 0 Å². The summed E-state index contributed by atoms with van der Waals surface area (Å²) < 4.78 is 13.4. The van der Waals surface area contributed by atoms with Gasteiger partial charge in [-0.05, 0) is 48.8 Å². The van der Waals surface area contributed by atoms with E-state index in [9.17, 15) is 4.39 Å². The fourth-order valence-electron chi connectivity index (χ4n) is 3.28. The van der Waals surface area contributed by atoms with E-state index in [1.54, 1.807) is 12.1 Å². The Morgan fingerprint density at radius 2 is 1.94 bits per heavy atom. The molecule has 0 aromatic heterocycles. The van der Waals surface area contributed by atoms with E-state index >= 15 is 0 Å². The Bertz CT molecular complexity index is 396. The first-order chi connectivity index (χ1) is 8.56. The summed E-state index contributed by atoms with van der Waals surface area (Å²) in [5, 5.41) is 0. The molecule has 0 spiro atoms.